The fourth-order valence-corrected chi connectivity index (χ4v) is 4.47. The number of halogens is 3. The number of nitrogens with zero attached hydrogens (tertiary/aromatic N) is 2. The Morgan fingerprint density at radius 1 is 1.25 bits per heavy atom. The third-order valence-electron chi connectivity index (χ3n) is 3.96. The molecule has 0 radical (unpaired) electrons. The molecule has 3 rings (SSSR count). The number of ether oxygens (including phenoxy) is 1. The molecule has 1 aromatic heterocycles. The van der Waals surface area contributed by atoms with Crippen LogP contribution in [0.4, 0.5) is 13.2 Å². The molecule has 1 aliphatic rings. The second kappa shape index (κ2) is 6.21. The largest absolute Gasteiger partial charge is 0.416 e. The van der Waals surface area contributed by atoms with Crippen molar-refractivity contribution in [3.63, 3.8) is 0 Å². The summed E-state index contributed by atoms with van der Waals surface area (Å²) in [5.74, 6) is 0. The van der Waals surface area contributed by atoms with E-state index in [0.29, 0.717) is 6.07 Å². The van der Waals surface area contributed by atoms with Gasteiger partial charge in [0.05, 0.1) is 22.3 Å². The summed E-state index contributed by atoms with van der Waals surface area (Å²) in [5.41, 5.74) is -0.973. The molecule has 24 heavy (non-hydrogen) atoms. The Hall–Kier alpha value is -1.87. The first-order chi connectivity index (χ1) is 11.3. The van der Waals surface area contributed by atoms with Crippen molar-refractivity contribution in [2.45, 2.75) is 35.4 Å². The van der Waals surface area contributed by atoms with Crippen molar-refractivity contribution in [1.82, 2.24) is 9.78 Å². The van der Waals surface area contributed by atoms with Gasteiger partial charge < -0.3 is 4.74 Å². The lowest BCUT2D eigenvalue weighted by Gasteiger charge is -2.29. The van der Waals surface area contributed by atoms with Gasteiger partial charge in [0.15, 0.2) is 16.1 Å². The highest BCUT2D eigenvalue weighted by atomic mass is 32.2. The molecule has 5 nitrogen and oxygen atoms in total. The summed E-state index contributed by atoms with van der Waals surface area (Å²) in [4.78, 5) is -0.316. The molecule has 2 atom stereocenters. The maximum absolute atomic E-state index is 12.8. The van der Waals surface area contributed by atoms with Gasteiger partial charge in [0.1, 0.15) is 0 Å². The van der Waals surface area contributed by atoms with E-state index >= 15 is 0 Å². The van der Waals surface area contributed by atoms with Crippen molar-refractivity contribution in [3.8, 4) is 0 Å². The highest BCUT2D eigenvalue weighted by Crippen LogP contribution is 2.34. The fourth-order valence-electron chi connectivity index (χ4n) is 2.71. The lowest BCUT2D eigenvalue weighted by molar-refractivity contribution is -0.137. The highest BCUT2D eigenvalue weighted by molar-refractivity contribution is 7.92. The molecule has 0 aliphatic carbocycles. The minimum absolute atomic E-state index is 0.139. The van der Waals surface area contributed by atoms with Gasteiger partial charge in [-0.3, -0.25) is 0 Å². The number of hydrogen-bond acceptors (Lipinski definition) is 4. The molecular formula is C15H15F3N2O3S. The smallest absolute Gasteiger partial charge is 0.356 e. The molecule has 0 amide bonds. The Labute approximate surface area is 137 Å². The van der Waals surface area contributed by atoms with Gasteiger partial charge in [-0.05, 0) is 30.7 Å². The Kier molecular flexibility index (Phi) is 4.39. The van der Waals surface area contributed by atoms with Crippen molar-refractivity contribution in [2.75, 3.05) is 6.61 Å². The summed E-state index contributed by atoms with van der Waals surface area (Å²) < 4.78 is 70.9. The van der Waals surface area contributed by atoms with Gasteiger partial charge in [0.2, 0.25) is 0 Å². The van der Waals surface area contributed by atoms with Crippen LogP contribution in [-0.4, -0.2) is 30.1 Å². The molecule has 1 saturated heterocycles. The lowest BCUT2D eigenvalue weighted by atomic mass is 10.2. The van der Waals surface area contributed by atoms with Crippen molar-refractivity contribution in [3.05, 3.63) is 48.3 Å². The molecule has 2 heterocycles. The zero-order chi connectivity index (χ0) is 17.4. The van der Waals surface area contributed by atoms with Crippen LogP contribution in [0.3, 0.4) is 0 Å². The minimum atomic E-state index is -4.58. The summed E-state index contributed by atoms with van der Waals surface area (Å²) in [6.45, 7) is 0.202. The van der Waals surface area contributed by atoms with Crippen LogP contribution in [0.2, 0.25) is 0 Å². The third-order valence-corrected chi connectivity index (χ3v) is 6.18. The van der Waals surface area contributed by atoms with E-state index in [4.69, 9.17) is 4.74 Å². The predicted molar refractivity (Wildman–Crippen MR) is 78.9 cm³/mol. The first-order valence-electron chi connectivity index (χ1n) is 7.30. The predicted octanol–water partition coefficient (Wildman–Crippen LogP) is 3.05. The summed E-state index contributed by atoms with van der Waals surface area (Å²) in [6, 6.07) is 5.54. The molecule has 0 saturated carbocycles. The first-order valence-corrected chi connectivity index (χ1v) is 8.85. The van der Waals surface area contributed by atoms with Crippen LogP contribution in [0.15, 0.2) is 47.6 Å². The number of sulfone groups is 1. The lowest BCUT2D eigenvalue weighted by Crippen LogP contribution is -2.33. The second-order valence-corrected chi connectivity index (χ2v) is 7.76. The van der Waals surface area contributed by atoms with Crippen molar-refractivity contribution >= 4 is 9.84 Å². The van der Waals surface area contributed by atoms with Crippen LogP contribution in [0.1, 0.15) is 24.6 Å². The normalized spacial score (nSPS) is 22.5. The molecule has 2 aromatic rings. The molecule has 1 fully saturated rings. The van der Waals surface area contributed by atoms with Crippen LogP contribution in [-0.2, 0) is 20.8 Å². The van der Waals surface area contributed by atoms with Gasteiger partial charge in [0, 0.05) is 18.8 Å². The first kappa shape index (κ1) is 17.0. The Morgan fingerprint density at radius 2 is 2.04 bits per heavy atom. The number of hydrogen-bond donors (Lipinski definition) is 0. The van der Waals surface area contributed by atoms with E-state index in [1.165, 1.54) is 10.7 Å². The average molecular weight is 360 g/mol. The Bertz CT molecular complexity index is 804. The van der Waals surface area contributed by atoms with Crippen LogP contribution in [0, 0.1) is 0 Å². The molecule has 0 spiro atoms. The van der Waals surface area contributed by atoms with Gasteiger partial charge >= 0.3 is 6.18 Å². The van der Waals surface area contributed by atoms with Gasteiger partial charge in [0.25, 0.3) is 0 Å². The molecule has 9 heteroatoms. The van der Waals surface area contributed by atoms with Crippen molar-refractivity contribution in [1.29, 1.82) is 0 Å². The monoisotopic (exact) mass is 360 g/mol. The van der Waals surface area contributed by atoms with E-state index in [1.807, 2.05) is 0 Å². The minimum Gasteiger partial charge on any atom is -0.356 e. The summed E-state index contributed by atoms with van der Waals surface area (Å²) in [5, 5.41) is 3.21. The summed E-state index contributed by atoms with van der Waals surface area (Å²) >= 11 is 0. The van der Waals surface area contributed by atoms with Crippen LogP contribution in [0.25, 0.3) is 0 Å². The molecule has 0 bridgehead atoms. The Balaban J connectivity index is 1.87. The molecule has 130 valence electrons. The number of rotatable bonds is 3. The topological polar surface area (TPSA) is 61.2 Å². The summed E-state index contributed by atoms with van der Waals surface area (Å²) in [6.07, 6.45) is -1.55. The zero-order valence-electron chi connectivity index (χ0n) is 12.5. The quantitative estimate of drug-likeness (QED) is 0.844. The van der Waals surface area contributed by atoms with Gasteiger partial charge in [-0.2, -0.15) is 18.3 Å². The van der Waals surface area contributed by atoms with Gasteiger partial charge in [-0.25, -0.2) is 13.1 Å². The Morgan fingerprint density at radius 3 is 2.71 bits per heavy atom. The second-order valence-electron chi connectivity index (χ2n) is 5.53. The maximum atomic E-state index is 12.8. The van der Waals surface area contributed by atoms with Crippen molar-refractivity contribution in [2.24, 2.45) is 0 Å². The van der Waals surface area contributed by atoms with E-state index in [9.17, 15) is 21.6 Å². The standard InChI is InChI=1S/C15H15F3N2O3S/c16-15(17,18)11-3-1-4-12(9-11)24(21,22)13-5-8-23-14(10-13)20-7-2-6-19-20/h1-4,6-7,9,13-14H,5,8,10H2. The molecule has 1 aliphatic heterocycles. The van der Waals surface area contributed by atoms with E-state index in [1.54, 1.807) is 18.5 Å². The third kappa shape index (κ3) is 3.32. The van der Waals surface area contributed by atoms with Crippen LogP contribution >= 0.6 is 0 Å². The number of alkyl halides is 3. The van der Waals surface area contributed by atoms with Gasteiger partial charge in [-0.15, -0.1) is 0 Å². The van der Waals surface area contributed by atoms with E-state index < -0.39 is 33.1 Å². The fraction of sp³-hybridized carbons (Fsp3) is 0.400. The van der Waals surface area contributed by atoms with Crippen LogP contribution in [0.5, 0.6) is 0 Å². The van der Waals surface area contributed by atoms with Gasteiger partial charge in [-0.1, -0.05) is 6.07 Å². The van der Waals surface area contributed by atoms with Crippen molar-refractivity contribution < 1.29 is 26.3 Å². The molecule has 0 N–H and O–H groups in total. The molecule has 2 unspecified atom stereocenters. The van der Waals surface area contributed by atoms with E-state index in [0.717, 1.165) is 12.1 Å². The van der Waals surface area contributed by atoms with Crippen LogP contribution < -0.4 is 0 Å². The molecule has 1 aromatic carbocycles. The molecular weight excluding hydrogens is 345 g/mol. The zero-order valence-corrected chi connectivity index (χ0v) is 13.3. The van der Waals surface area contributed by atoms with E-state index in [-0.39, 0.29) is 24.3 Å². The average Bonchev–Trinajstić information content (AvgIpc) is 3.09. The SMILES string of the molecule is O=S(=O)(c1cccc(C(F)(F)F)c1)C1CCOC(n2cccn2)C1. The summed E-state index contributed by atoms with van der Waals surface area (Å²) in [7, 11) is -3.89. The number of benzene rings is 1. The van der Waals surface area contributed by atoms with E-state index in [2.05, 4.69) is 5.10 Å². The number of aromatic nitrogens is 2. The maximum Gasteiger partial charge on any atom is 0.416 e. The highest BCUT2D eigenvalue weighted by Gasteiger charge is 2.36.